The molecule has 106 valence electrons. The normalized spacial score (nSPS) is 19.2. The van der Waals surface area contributed by atoms with Gasteiger partial charge in [0.2, 0.25) is 0 Å². The largest absolute Gasteiger partial charge is 0.416 e. The third-order valence-electron chi connectivity index (χ3n) is 3.64. The smallest absolute Gasteiger partial charge is 0.394 e. The summed E-state index contributed by atoms with van der Waals surface area (Å²) in [7, 11) is 0. The van der Waals surface area contributed by atoms with Gasteiger partial charge in [0, 0.05) is 0 Å². The van der Waals surface area contributed by atoms with Crippen LogP contribution in [-0.4, -0.2) is 18.3 Å². The fraction of sp³-hybridized carbons (Fsp3) is 0.571. The molecule has 1 aromatic carbocycles. The van der Waals surface area contributed by atoms with Crippen molar-refractivity contribution in [1.29, 1.82) is 0 Å². The molecule has 0 aromatic heterocycles. The lowest BCUT2D eigenvalue weighted by Gasteiger charge is -2.30. The van der Waals surface area contributed by atoms with Crippen molar-refractivity contribution < 1.29 is 18.3 Å². The lowest BCUT2D eigenvalue weighted by atomic mass is 9.92. The van der Waals surface area contributed by atoms with Crippen LogP contribution in [0.15, 0.2) is 24.3 Å². The first kappa shape index (κ1) is 14.3. The predicted molar refractivity (Wildman–Crippen MR) is 66.6 cm³/mol. The van der Waals surface area contributed by atoms with Crippen molar-refractivity contribution in [1.82, 2.24) is 5.32 Å². The maximum Gasteiger partial charge on any atom is 0.416 e. The molecule has 1 saturated carbocycles. The van der Waals surface area contributed by atoms with Crippen molar-refractivity contribution in [2.75, 3.05) is 13.2 Å². The standard InChI is InChI=1S/C14H18F3NO/c1-13(9-19,18-8-10-2-3-10)11-4-6-12(7-5-11)14(15,16)17/h4-7,10,18-19H,2-3,8-9H2,1H3. The van der Waals surface area contributed by atoms with Gasteiger partial charge in [-0.3, -0.25) is 0 Å². The van der Waals surface area contributed by atoms with E-state index in [1.54, 1.807) is 6.92 Å². The average Bonchev–Trinajstić information content (AvgIpc) is 3.19. The molecule has 0 saturated heterocycles. The second-order valence-electron chi connectivity index (χ2n) is 5.39. The van der Waals surface area contributed by atoms with Gasteiger partial charge in [0.05, 0.1) is 17.7 Å². The molecule has 0 aliphatic heterocycles. The van der Waals surface area contributed by atoms with Crippen LogP contribution in [0.5, 0.6) is 0 Å². The van der Waals surface area contributed by atoms with Crippen molar-refractivity contribution in [3.05, 3.63) is 35.4 Å². The molecule has 0 spiro atoms. The number of halogens is 3. The first-order valence-corrected chi connectivity index (χ1v) is 6.39. The maximum atomic E-state index is 12.5. The van der Waals surface area contributed by atoms with Crippen LogP contribution < -0.4 is 5.32 Å². The van der Waals surface area contributed by atoms with Crippen LogP contribution in [0.3, 0.4) is 0 Å². The summed E-state index contributed by atoms with van der Waals surface area (Å²) in [6, 6.07) is 4.97. The predicted octanol–water partition coefficient (Wildman–Crippen LogP) is 2.91. The summed E-state index contributed by atoms with van der Waals surface area (Å²) in [6.45, 7) is 2.45. The fourth-order valence-electron chi connectivity index (χ4n) is 1.97. The molecule has 0 radical (unpaired) electrons. The van der Waals surface area contributed by atoms with Gasteiger partial charge in [0.1, 0.15) is 0 Å². The van der Waals surface area contributed by atoms with E-state index >= 15 is 0 Å². The minimum atomic E-state index is -4.32. The maximum absolute atomic E-state index is 12.5. The van der Waals surface area contributed by atoms with Gasteiger partial charge in [-0.25, -0.2) is 0 Å². The molecule has 1 atom stereocenters. The lowest BCUT2D eigenvalue weighted by Crippen LogP contribution is -2.43. The van der Waals surface area contributed by atoms with Gasteiger partial charge >= 0.3 is 6.18 Å². The molecular weight excluding hydrogens is 255 g/mol. The van der Waals surface area contributed by atoms with Crippen LogP contribution in [0.1, 0.15) is 30.9 Å². The molecule has 1 aliphatic rings. The molecule has 2 nitrogen and oxygen atoms in total. The summed E-state index contributed by atoms with van der Waals surface area (Å²) in [5, 5.41) is 12.8. The Morgan fingerprint density at radius 1 is 1.16 bits per heavy atom. The molecule has 0 bridgehead atoms. The molecule has 2 rings (SSSR count). The van der Waals surface area contributed by atoms with E-state index in [4.69, 9.17) is 0 Å². The highest BCUT2D eigenvalue weighted by Crippen LogP contribution is 2.32. The molecule has 2 N–H and O–H groups in total. The van der Waals surface area contributed by atoms with E-state index in [2.05, 4.69) is 5.32 Å². The number of nitrogens with one attached hydrogen (secondary N) is 1. The number of benzene rings is 1. The van der Waals surface area contributed by atoms with Crippen molar-refractivity contribution >= 4 is 0 Å². The highest BCUT2D eigenvalue weighted by atomic mass is 19.4. The molecule has 1 unspecified atom stereocenters. The Labute approximate surface area is 110 Å². The molecule has 1 aromatic rings. The Morgan fingerprint density at radius 3 is 2.11 bits per heavy atom. The Balaban J connectivity index is 2.12. The molecule has 19 heavy (non-hydrogen) atoms. The third kappa shape index (κ3) is 3.48. The van der Waals surface area contributed by atoms with E-state index < -0.39 is 17.3 Å². The van der Waals surface area contributed by atoms with Crippen molar-refractivity contribution in [2.24, 2.45) is 5.92 Å². The minimum Gasteiger partial charge on any atom is -0.394 e. The molecule has 5 heteroatoms. The van der Waals surface area contributed by atoms with Crippen LogP contribution in [0.2, 0.25) is 0 Å². The zero-order chi connectivity index (χ0) is 14.1. The van der Waals surface area contributed by atoms with E-state index in [1.807, 2.05) is 0 Å². The van der Waals surface area contributed by atoms with E-state index in [1.165, 1.54) is 25.0 Å². The Hall–Kier alpha value is -1.07. The van der Waals surface area contributed by atoms with Gasteiger partial charge in [-0.15, -0.1) is 0 Å². The van der Waals surface area contributed by atoms with Crippen molar-refractivity contribution in [2.45, 2.75) is 31.5 Å². The number of hydrogen-bond acceptors (Lipinski definition) is 2. The average molecular weight is 273 g/mol. The fourth-order valence-corrected chi connectivity index (χ4v) is 1.97. The zero-order valence-electron chi connectivity index (χ0n) is 10.8. The van der Waals surface area contributed by atoms with Gasteiger partial charge in [-0.2, -0.15) is 13.2 Å². The van der Waals surface area contributed by atoms with Gasteiger partial charge < -0.3 is 10.4 Å². The Kier molecular flexibility index (Phi) is 3.87. The third-order valence-corrected chi connectivity index (χ3v) is 3.64. The summed E-state index contributed by atoms with van der Waals surface area (Å²) in [4.78, 5) is 0. The monoisotopic (exact) mass is 273 g/mol. The summed E-state index contributed by atoms with van der Waals surface area (Å²) < 4.78 is 37.5. The highest BCUT2D eigenvalue weighted by molar-refractivity contribution is 5.29. The summed E-state index contributed by atoms with van der Waals surface area (Å²) in [6.07, 6.45) is -1.96. The van der Waals surface area contributed by atoms with E-state index in [9.17, 15) is 18.3 Å². The SMILES string of the molecule is CC(CO)(NCC1CC1)c1ccc(C(F)(F)F)cc1. The first-order valence-electron chi connectivity index (χ1n) is 6.39. The van der Waals surface area contributed by atoms with Crippen molar-refractivity contribution in [3.8, 4) is 0 Å². The quantitative estimate of drug-likeness (QED) is 0.864. The number of aliphatic hydroxyl groups is 1. The van der Waals surface area contributed by atoms with Crippen LogP contribution in [0, 0.1) is 5.92 Å². The second kappa shape index (κ2) is 5.13. The number of alkyl halides is 3. The Morgan fingerprint density at radius 2 is 1.68 bits per heavy atom. The zero-order valence-corrected chi connectivity index (χ0v) is 10.8. The topological polar surface area (TPSA) is 32.3 Å². The molecule has 1 fully saturated rings. The second-order valence-corrected chi connectivity index (χ2v) is 5.39. The van der Waals surface area contributed by atoms with E-state index in [0.29, 0.717) is 11.5 Å². The number of hydrogen-bond donors (Lipinski definition) is 2. The summed E-state index contributed by atoms with van der Waals surface area (Å²) >= 11 is 0. The first-order chi connectivity index (χ1) is 8.85. The van der Waals surface area contributed by atoms with Crippen molar-refractivity contribution in [3.63, 3.8) is 0 Å². The van der Waals surface area contributed by atoms with Crippen LogP contribution in [0.25, 0.3) is 0 Å². The van der Waals surface area contributed by atoms with E-state index in [-0.39, 0.29) is 6.61 Å². The van der Waals surface area contributed by atoms with Crippen LogP contribution >= 0.6 is 0 Å². The lowest BCUT2D eigenvalue weighted by molar-refractivity contribution is -0.137. The van der Waals surface area contributed by atoms with Gasteiger partial charge in [-0.1, -0.05) is 12.1 Å². The summed E-state index contributed by atoms with van der Waals surface area (Å²) in [5.41, 5.74) is -0.686. The molecule has 0 heterocycles. The summed E-state index contributed by atoms with van der Waals surface area (Å²) in [5.74, 6) is 0.639. The molecule has 0 amide bonds. The Bertz CT molecular complexity index is 425. The van der Waals surface area contributed by atoms with Gasteiger partial charge in [-0.05, 0) is 49.9 Å². The highest BCUT2D eigenvalue weighted by Gasteiger charge is 2.32. The number of aliphatic hydroxyl groups excluding tert-OH is 1. The molecule has 1 aliphatic carbocycles. The van der Waals surface area contributed by atoms with Gasteiger partial charge in [0.15, 0.2) is 0 Å². The van der Waals surface area contributed by atoms with Crippen LogP contribution in [-0.2, 0) is 11.7 Å². The molecular formula is C14H18F3NO. The van der Waals surface area contributed by atoms with E-state index in [0.717, 1.165) is 18.7 Å². The number of rotatable bonds is 5. The van der Waals surface area contributed by atoms with Crippen LogP contribution in [0.4, 0.5) is 13.2 Å². The minimum absolute atomic E-state index is 0.148. The van der Waals surface area contributed by atoms with Gasteiger partial charge in [0.25, 0.3) is 0 Å².